The molecule has 0 fully saturated rings. The van der Waals surface area contributed by atoms with Crippen molar-refractivity contribution in [2.75, 3.05) is 0 Å². The Labute approximate surface area is 86.6 Å². The van der Waals surface area contributed by atoms with Crippen LogP contribution in [0.1, 0.15) is 22.4 Å². The van der Waals surface area contributed by atoms with E-state index in [2.05, 4.69) is 9.97 Å². The maximum absolute atomic E-state index is 6.05. The lowest BCUT2D eigenvalue weighted by Crippen LogP contribution is -2.12. The molecule has 2 aromatic rings. The Hall–Kier alpha value is -1.26. The summed E-state index contributed by atoms with van der Waals surface area (Å²) in [5.41, 5.74) is 6.92. The van der Waals surface area contributed by atoms with Gasteiger partial charge < -0.3 is 5.73 Å². The Bertz CT molecular complexity index is 411. The molecule has 2 N–H and O–H groups in total. The van der Waals surface area contributed by atoms with E-state index in [4.69, 9.17) is 5.73 Å². The average molecular weight is 205 g/mol. The van der Waals surface area contributed by atoms with Crippen molar-refractivity contribution < 1.29 is 0 Å². The minimum atomic E-state index is -0.128. The zero-order valence-corrected chi connectivity index (χ0v) is 8.66. The Morgan fingerprint density at radius 3 is 2.93 bits per heavy atom. The van der Waals surface area contributed by atoms with Crippen LogP contribution in [0.25, 0.3) is 0 Å². The van der Waals surface area contributed by atoms with E-state index >= 15 is 0 Å². The van der Waals surface area contributed by atoms with Gasteiger partial charge >= 0.3 is 0 Å². The largest absolute Gasteiger partial charge is 0.318 e. The van der Waals surface area contributed by atoms with Crippen LogP contribution in [0.3, 0.4) is 0 Å². The van der Waals surface area contributed by atoms with Gasteiger partial charge in [0.15, 0.2) is 0 Å². The van der Waals surface area contributed by atoms with Crippen LogP contribution in [0.4, 0.5) is 0 Å². The van der Waals surface area contributed by atoms with Crippen LogP contribution in [0, 0.1) is 6.92 Å². The molecule has 2 aromatic heterocycles. The summed E-state index contributed by atoms with van der Waals surface area (Å²) in [6.45, 7) is 1.87. The molecule has 1 atom stereocenters. The van der Waals surface area contributed by atoms with Gasteiger partial charge in [-0.25, -0.2) is 9.97 Å². The van der Waals surface area contributed by atoms with Crippen LogP contribution in [0.2, 0.25) is 0 Å². The summed E-state index contributed by atoms with van der Waals surface area (Å²) in [7, 11) is 0. The third-order valence-electron chi connectivity index (χ3n) is 1.97. The standard InChI is InChI=1S/C10H11N3S/c1-7-12-5-4-8(13-7)10(11)9-3-2-6-14-9/h2-6,10H,11H2,1H3. The normalized spacial score (nSPS) is 12.7. The lowest BCUT2D eigenvalue weighted by molar-refractivity contribution is 0.822. The molecule has 0 aliphatic heterocycles. The maximum atomic E-state index is 6.05. The Balaban J connectivity index is 2.32. The van der Waals surface area contributed by atoms with E-state index in [1.54, 1.807) is 17.5 Å². The second-order valence-corrected chi connectivity index (χ2v) is 4.00. The van der Waals surface area contributed by atoms with Crippen LogP contribution in [0.5, 0.6) is 0 Å². The molecule has 0 spiro atoms. The average Bonchev–Trinajstić information content (AvgIpc) is 2.69. The second kappa shape index (κ2) is 3.86. The van der Waals surface area contributed by atoms with Crippen LogP contribution in [-0.2, 0) is 0 Å². The summed E-state index contributed by atoms with van der Waals surface area (Å²) in [6, 6.07) is 5.75. The fraction of sp³-hybridized carbons (Fsp3) is 0.200. The number of hydrogen-bond donors (Lipinski definition) is 1. The van der Waals surface area contributed by atoms with Gasteiger partial charge in [0.25, 0.3) is 0 Å². The Morgan fingerprint density at radius 2 is 2.29 bits per heavy atom. The number of thiophene rings is 1. The molecular weight excluding hydrogens is 194 g/mol. The van der Waals surface area contributed by atoms with Crippen molar-refractivity contribution in [2.45, 2.75) is 13.0 Å². The summed E-state index contributed by atoms with van der Waals surface area (Å²) in [4.78, 5) is 9.47. The molecule has 4 heteroatoms. The molecule has 0 saturated heterocycles. The molecule has 0 bridgehead atoms. The summed E-state index contributed by atoms with van der Waals surface area (Å²) in [5.74, 6) is 0.759. The van der Waals surface area contributed by atoms with Gasteiger partial charge in [-0.2, -0.15) is 0 Å². The van der Waals surface area contributed by atoms with Gasteiger partial charge in [0.05, 0.1) is 11.7 Å². The quantitative estimate of drug-likeness (QED) is 0.814. The van der Waals surface area contributed by atoms with E-state index in [1.807, 2.05) is 30.5 Å². The summed E-state index contributed by atoms with van der Waals surface area (Å²) in [6.07, 6.45) is 1.74. The Kier molecular flexibility index (Phi) is 2.56. The maximum Gasteiger partial charge on any atom is 0.125 e. The lowest BCUT2D eigenvalue weighted by Gasteiger charge is -2.08. The number of aryl methyl sites for hydroxylation is 1. The van der Waals surface area contributed by atoms with Gasteiger partial charge in [0.1, 0.15) is 5.82 Å². The molecular formula is C10H11N3S. The number of aromatic nitrogens is 2. The van der Waals surface area contributed by atoms with E-state index in [0.29, 0.717) is 0 Å². The van der Waals surface area contributed by atoms with Crippen LogP contribution in [-0.4, -0.2) is 9.97 Å². The molecule has 0 aliphatic carbocycles. The van der Waals surface area contributed by atoms with Gasteiger partial charge in [0, 0.05) is 11.1 Å². The van der Waals surface area contributed by atoms with Crippen molar-refractivity contribution in [1.29, 1.82) is 0 Å². The topological polar surface area (TPSA) is 51.8 Å². The number of nitrogens with two attached hydrogens (primary N) is 1. The first-order valence-electron chi connectivity index (χ1n) is 4.36. The zero-order chi connectivity index (χ0) is 9.97. The minimum Gasteiger partial charge on any atom is -0.318 e. The molecule has 0 aromatic carbocycles. The molecule has 2 rings (SSSR count). The molecule has 14 heavy (non-hydrogen) atoms. The fourth-order valence-corrected chi connectivity index (χ4v) is 2.00. The number of nitrogens with zero attached hydrogens (tertiary/aromatic N) is 2. The molecule has 72 valence electrons. The predicted molar refractivity (Wildman–Crippen MR) is 57.1 cm³/mol. The third kappa shape index (κ3) is 1.81. The highest BCUT2D eigenvalue weighted by atomic mass is 32.1. The van der Waals surface area contributed by atoms with Crippen molar-refractivity contribution in [1.82, 2.24) is 9.97 Å². The second-order valence-electron chi connectivity index (χ2n) is 3.02. The van der Waals surface area contributed by atoms with E-state index < -0.39 is 0 Å². The van der Waals surface area contributed by atoms with Gasteiger partial charge in [-0.05, 0) is 24.4 Å². The summed E-state index contributed by atoms with van der Waals surface area (Å²) >= 11 is 1.65. The highest BCUT2D eigenvalue weighted by Gasteiger charge is 2.10. The predicted octanol–water partition coefficient (Wildman–Crippen LogP) is 1.89. The molecule has 0 amide bonds. The monoisotopic (exact) mass is 205 g/mol. The molecule has 0 radical (unpaired) electrons. The zero-order valence-electron chi connectivity index (χ0n) is 7.84. The molecule has 3 nitrogen and oxygen atoms in total. The van der Waals surface area contributed by atoms with Crippen LogP contribution in [0.15, 0.2) is 29.8 Å². The van der Waals surface area contributed by atoms with Crippen molar-refractivity contribution in [3.8, 4) is 0 Å². The van der Waals surface area contributed by atoms with E-state index in [9.17, 15) is 0 Å². The van der Waals surface area contributed by atoms with Crippen molar-refractivity contribution in [3.05, 3.63) is 46.2 Å². The van der Waals surface area contributed by atoms with E-state index in [0.717, 1.165) is 16.4 Å². The first kappa shape index (κ1) is 9.30. The first-order chi connectivity index (χ1) is 6.77. The van der Waals surface area contributed by atoms with Gasteiger partial charge in [-0.15, -0.1) is 11.3 Å². The Morgan fingerprint density at radius 1 is 1.43 bits per heavy atom. The number of hydrogen-bond acceptors (Lipinski definition) is 4. The van der Waals surface area contributed by atoms with Crippen molar-refractivity contribution in [2.24, 2.45) is 5.73 Å². The first-order valence-corrected chi connectivity index (χ1v) is 5.24. The summed E-state index contributed by atoms with van der Waals surface area (Å²) in [5, 5.41) is 2.02. The minimum absolute atomic E-state index is 0.128. The fourth-order valence-electron chi connectivity index (χ4n) is 1.26. The van der Waals surface area contributed by atoms with Gasteiger partial charge in [0.2, 0.25) is 0 Å². The molecule has 0 aliphatic rings. The third-order valence-corrected chi connectivity index (χ3v) is 2.92. The summed E-state index contributed by atoms with van der Waals surface area (Å²) < 4.78 is 0. The SMILES string of the molecule is Cc1nccc(C(N)c2cccs2)n1. The molecule has 0 saturated carbocycles. The molecule has 1 unspecified atom stereocenters. The highest BCUT2D eigenvalue weighted by Crippen LogP contribution is 2.21. The van der Waals surface area contributed by atoms with Gasteiger partial charge in [-0.1, -0.05) is 6.07 Å². The van der Waals surface area contributed by atoms with E-state index in [-0.39, 0.29) is 6.04 Å². The van der Waals surface area contributed by atoms with Gasteiger partial charge in [-0.3, -0.25) is 0 Å². The number of rotatable bonds is 2. The van der Waals surface area contributed by atoms with E-state index in [1.165, 1.54) is 0 Å². The lowest BCUT2D eigenvalue weighted by atomic mass is 10.2. The van der Waals surface area contributed by atoms with Crippen molar-refractivity contribution >= 4 is 11.3 Å². The van der Waals surface area contributed by atoms with Crippen molar-refractivity contribution in [3.63, 3.8) is 0 Å². The molecule has 2 heterocycles. The highest BCUT2D eigenvalue weighted by molar-refractivity contribution is 7.10. The van der Waals surface area contributed by atoms with Crippen LogP contribution < -0.4 is 5.73 Å². The smallest absolute Gasteiger partial charge is 0.125 e. The van der Waals surface area contributed by atoms with Crippen LogP contribution >= 0.6 is 11.3 Å².